The number of aromatic hydroxyl groups is 1. The minimum Gasteiger partial charge on any atom is -0.508 e. The molecule has 218 valence electrons. The van der Waals surface area contributed by atoms with Gasteiger partial charge in [-0.05, 0) is 49.1 Å². The number of carboxylic acid groups (broad SMARTS) is 1. The fraction of sp³-hybridized carbons (Fsp3) is 0.321. The summed E-state index contributed by atoms with van der Waals surface area (Å²) in [7, 11) is 0. The highest BCUT2D eigenvalue weighted by Gasteiger charge is 2.30. The Kier molecular flexibility index (Phi) is 10.4. The Labute approximate surface area is 235 Å². The van der Waals surface area contributed by atoms with E-state index in [4.69, 9.17) is 16.6 Å². The number of fused-ring (bicyclic) bond motifs is 1. The monoisotopic (exact) mass is 566 g/mol. The van der Waals surface area contributed by atoms with Gasteiger partial charge in [0.25, 0.3) is 0 Å². The van der Waals surface area contributed by atoms with Crippen LogP contribution in [0.3, 0.4) is 0 Å². The normalized spacial score (nSPS) is 13.9. The zero-order chi connectivity index (χ0) is 30.1. The molecule has 0 saturated heterocycles. The number of carbonyl (C=O) groups is 5. The highest BCUT2D eigenvalue weighted by atomic mass is 16.4. The number of nitrogens with one attached hydrogen (secondary N) is 4. The topological polar surface area (TPSA) is 230 Å². The molecule has 0 radical (unpaired) electrons. The van der Waals surface area contributed by atoms with Gasteiger partial charge in [0, 0.05) is 29.9 Å². The number of nitrogens with two attached hydrogens (primary N) is 2. The van der Waals surface area contributed by atoms with Crippen LogP contribution in [0.2, 0.25) is 0 Å². The highest BCUT2D eigenvalue weighted by molar-refractivity contribution is 5.95. The highest BCUT2D eigenvalue weighted by Crippen LogP contribution is 2.19. The maximum Gasteiger partial charge on any atom is 0.325 e. The first-order chi connectivity index (χ1) is 19.4. The number of aromatic amines is 1. The Bertz CT molecular complexity index is 1400. The molecule has 13 heteroatoms. The van der Waals surface area contributed by atoms with E-state index in [0.29, 0.717) is 11.1 Å². The number of carbonyl (C=O) groups excluding carboxylic acids is 4. The van der Waals surface area contributed by atoms with Gasteiger partial charge in [0.1, 0.15) is 23.9 Å². The number of benzene rings is 2. The van der Waals surface area contributed by atoms with E-state index in [9.17, 15) is 29.1 Å². The Hall–Kier alpha value is -4.91. The molecule has 2 aromatic carbocycles. The van der Waals surface area contributed by atoms with Crippen LogP contribution in [0.5, 0.6) is 5.75 Å². The second-order valence-electron chi connectivity index (χ2n) is 9.74. The predicted octanol–water partition coefficient (Wildman–Crippen LogP) is -0.190. The number of phenolic OH excluding ortho intramolecular Hbond substituents is 1. The van der Waals surface area contributed by atoms with Gasteiger partial charge in [-0.1, -0.05) is 30.3 Å². The Balaban J connectivity index is 1.83. The molecule has 0 aliphatic carbocycles. The lowest BCUT2D eigenvalue weighted by Gasteiger charge is -2.24. The third kappa shape index (κ3) is 8.80. The van der Waals surface area contributed by atoms with Gasteiger partial charge < -0.3 is 42.6 Å². The summed E-state index contributed by atoms with van der Waals surface area (Å²) < 4.78 is 0. The van der Waals surface area contributed by atoms with Crippen molar-refractivity contribution in [1.82, 2.24) is 20.9 Å². The number of aromatic nitrogens is 1. The minimum atomic E-state index is -1.30. The van der Waals surface area contributed by atoms with Crippen molar-refractivity contribution in [3.8, 4) is 5.75 Å². The second kappa shape index (κ2) is 13.9. The lowest BCUT2D eigenvalue weighted by molar-refractivity contribution is -0.142. The number of primary amides is 1. The van der Waals surface area contributed by atoms with Crippen molar-refractivity contribution in [3.05, 3.63) is 65.9 Å². The number of hydrogen-bond donors (Lipinski definition) is 8. The van der Waals surface area contributed by atoms with E-state index in [0.717, 1.165) is 10.9 Å². The molecule has 3 aromatic rings. The summed E-state index contributed by atoms with van der Waals surface area (Å²) in [5.41, 5.74) is 13.6. The molecule has 0 saturated carbocycles. The number of hydrogen-bond acceptors (Lipinski definition) is 7. The van der Waals surface area contributed by atoms with Crippen LogP contribution in [-0.4, -0.2) is 69.0 Å². The van der Waals surface area contributed by atoms with E-state index < -0.39 is 53.8 Å². The van der Waals surface area contributed by atoms with Crippen LogP contribution < -0.4 is 27.4 Å². The number of H-pyrrole nitrogens is 1. The van der Waals surface area contributed by atoms with E-state index in [1.54, 1.807) is 18.3 Å². The zero-order valence-electron chi connectivity index (χ0n) is 22.4. The Morgan fingerprint density at radius 2 is 1.51 bits per heavy atom. The fourth-order valence-corrected chi connectivity index (χ4v) is 4.19. The van der Waals surface area contributed by atoms with Gasteiger partial charge in [0.15, 0.2) is 0 Å². The number of aliphatic carboxylic acids is 1. The summed E-state index contributed by atoms with van der Waals surface area (Å²) in [6.07, 6.45) is 1.43. The van der Waals surface area contributed by atoms with Crippen LogP contribution in [0, 0.1) is 0 Å². The molecular weight excluding hydrogens is 532 g/mol. The van der Waals surface area contributed by atoms with Gasteiger partial charge >= 0.3 is 5.97 Å². The molecule has 0 fully saturated rings. The van der Waals surface area contributed by atoms with Crippen molar-refractivity contribution in [1.29, 1.82) is 0 Å². The van der Waals surface area contributed by atoms with Gasteiger partial charge in [-0.3, -0.25) is 24.0 Å². The zero-order valence-corrected chi connectivity index (χ0v) is 22.4. The molecule has 13 nitrogen and oxygen atoms in total. The average molecular weight is 567 g/mol. The minimum absolute atomic E-state index is 0.0310. The smallest absolute Gasteiger partial charge is 0.325 e. The first kappa shape index (κ1) is 30.6. The molecule has 0 aliphatic heterocycles. The van der Waals surface area contributed by atoms with E-state index >= 15 is 0 Å². The summed E-state index contributed by atoms with van der Waals surface area (Å²) in [5, 5.41) is 26.9. The molecule has 3 rings (SSSR count). The summed E-state index contributed by atoms with van der Waals surface area (Å²) in [5.74, 6) is -4.13. The number of carboxylic acids is 1. The standard InChI is InChI=1S/C28H34N6O7/c1-15(28(40)41)32-26(38)22(10-11-24(30)36)33-27(39)23(13-17-14-31-21-5-3-2-4-19(17)21)34-25(37)20(29)12-16-6-8-18(35)9-7-16/h2-9,14-15,20,22-23,31,35H,10-13,29H2,1H3,(H2,30,36)(H,32,38)(H,33,39)(H,34,37)(H,40,41). The van der Waals surface area contributed by atoms with E-state index in [-0.39, 0.29) is 31.4 Å². The van der Waals surface area contributed by atoms with Gasteiger partial charge in [0.05, 0.1) is 6.04 Å². The van der Waals surface area contributed by atoms with Crippen molar-refractivity contribution < 1.29 is 34.2 Å². The molecule has 4 unspecified atom stereocenters. The van der Waals surface area contributed by atoms with Crippen LogP contribution in [0.25, 0.3) is 10.9 Å². The van der Waals surface area contributed by atoms with Crippen LogP contribution >= 0.6 is 0 Å². The molecule has 0 bridgehead atoms. The molecule has 0 aliphatic rings. The maximum atomic E-state index is 13.5. The van der Waals surface area contributed by atoms with E-state index in [1.807, 2.05) is 24.3 Å². The van der Waals surface area contributed by atoms with Crippen molar-refractivity contribution in [2.24, 2.45) is 11.5 Å². The number of para-hydroxylation sites is 1. The second-order valence-corrected chi connectivity index (χ2v) is 9.74. The maximum absolute atomic E-state index is 13.5. The number of rotatable bonds is 14. The summed E-state index contributed by atoms with van der Waals surface area (Å²) in [6, 6.07) is 8.78. The third-order valence-electron chi connectivity index (χ3n) is 6.50. The third-order valence-corrected chi connectivity index (χ3v) is 6.50. The van der Waals surface area contributed by atoms with E-state index in [1.165, 1.54) is 19.1 Å². The van der Waals surface area contributed by atoms with Crippen LogP contribution in [-0.2, 0) is 36.8 Å². The molecule has 4 amide bonds. The van der Waals surface area contributed by atoms with Crippen molar-refractivity contribution >= 4 is 40.5 Å². The first-order valence-electron chi connectivity index (χ1n) is 12.9. The van der Waals surface area contributed by atoms with Crippen molar-refractivity contribution in [2.45, 2.75) is 56.8 Å². The lowest BCUT2D eigenvalue weighted by Crippen LogP contribution is -2.57. The van der Waals surface area contributed by atoms with Crippen molar-refractivity contribution in [3.63, 3.8) is 0 Å². The van der Waals surface area contributed by atoms with Crippen LogP contribution in [0.15, 0.2) is 54.7 Å². The molecule has 41 heavy (non-hydrogen) atoms. The lowest BCUT2D eigenvalue weighted by atomic mass is 10.0. The number of phenols is 1. The molecule has 1 heterocycles. The first-order valence-corrected chi connectivity index (χ1v) is 12.9. The number of amides is 4. The van der Waals surface area contributed by atoms with Gasteiger partial charge in [0.2, 0.25) is 23.6 Å². The molecule has 4 atom stereocenters. The SMILES string of the molecule is CC(NC(=O)C(CCC(N)=O)NC(=O)C(Cc1c[nH]c2ccccc12)NC(=O)C(N)Cc1ccc(O)cc1)C(=O)O. The largest absolute Gasteiger partial charge is 0.508 e. The summed E-state index contributed by atoms with van der Waals surface area (Å²) in [4.78, 5) is 65.2. The van der Waals surface area contributed by atoms with Gasteiger partial charge in [-0.15, -0.1) is 0 Å². The predicted molar refractivity (Wildman–Crippen MR) is 149 cm³/mol. The Morgan fingerprint density at radius 1 is 0.878 bits per heavy atom. The van der Waals surface area contributed by atoms with E-state index in [2.05, 4.69) is 20.9 Å². The van der Waals surface area contributed by atoms with Crippen LogP contribution in [0.4, 0.5) is 0 Å². The van der Waals surface area contributed by atoms with Crippen LogP contribution in [0.1, 0.15) is 30.9 Å². The summed E-state index contributed by atoms with van der Waals surface area (Å²) >= 11 is 0. The summed E-state index contributed by atoms with van der Waals surface area (Å²) in [6.45, 7) is 1.25. The average Bonchev–Trinajstić information content (AvgIpc) is 3.34. The molecular formula is C28H34N6O7. The van der Waals surface area contributed by atoms with Gasteiger partial charge in [-0.2, -0.15) is 0 Å². The van der Waals surface area contributed by atoms with Gasteiger partial charge in [-0.25, -0.2) is 0 Å². The molecule has 1 aromatic heterocycles. The molecule has 0 spiro atoms. The molecule has 10 N–H and O–H groups in total. The van der Waals surface area contributed by atoms with Crippen molar-refractivity contribution in [2.75, 3.05) is 0 Å². The quantitative estimate of drug-likeness (QED) is 0.130. The Morgan fingerprint density at radius 3 is 2.17 bits per heavy atom. The fourth-order valence-electron chi connectivity index (χ4n) is 4.19.